The number of nitrogens with zero attached hydrogens (tertiary/aromatic N) is 4. The van der Waals surface area contributed by atoms with E-state index in [2.05, 4.69) is 47.7 Å². The summed E-state index contributed by atoms with van der Waals surface area (Å²) in [6.45, 7) is 5.11. The van der Waals surface area contributed by atoms with Crippen LogP contribution < -0.4 is 5.32 Å². The summed E-state index contributed by atoms with van der Waals surface area (Å²) in [5, 5.41) is 12.2. The van der Waals surface area contributed by atoms with E-state index in [9.17, 15) is 0 Å². The Morgan fingerprint density at radius 1 is 1.19 bits per heavy atom. The molecule has 1 atom stereocenters. The first-order chi connectivity index (χ1) is 10.3. The predicted octanol–water partition coefficient (Wildman–Crippen LogP) is 3.26. The van der Waals surface area contributed by atoms with Crippen molar-refractivity contribution in [3.63, 3.8) is 0 Å². The Kier molecular flexibility index (Phi) is 3.73. The van der Waals surface area contributed by atoms with E-state index in [1.165, 1.54) is 5.56 Å². The molecule has 2 heterocycles. The lowest BCUT2D eigenvalue weighted by molar-refractivity contribution is 0.658. The topological polar surface area (TPSA) is 47.7 Å². The van der Waals surface area contributed by atoms with E-state index in [0.717, 1.165) is 17.9 Å². The molecular weight excluding hydrogens is 262 g/mol. The molecule has 0 amide bonds. The van der Waals surface area contributed by atoms with Gasteiger partial charge < -0.3 is 5.32 Å². The van der Waals surface area contributed by atoms with Gasteiger partial charge in [0.1, 0.15) is 0 Å². The normalized spacial score (nSPS) is 12.3. The molecule has 3 aromatic rings. The minimum absolute atomic E-state index is 0.182. The minimum atomic E-state index is 0.182. The molecule has 0 saturated carbocycles. The maximum atomic E-state index is 4.33. The number of hydrogen-bond donors (Lipinski definition) is 1. The Morgan fingerprint density at radius 2 is 2.05 bits per heavy atom. The lowest BCUT2D eigenvalue weighted by Gasteiger charge is -2.17. The molecule has 0 aliphatic rings. The van der Waals surface area contributed by atoms with Crippen LogP contribution in [0.3, 0.4) is 0 Å². The van der Waals surface area contributed by atoms with Crippen LogP contribution in [0.4, 0.5) is 5.69 Å². The second kappa shape index (κ2) is 5.83. The quantitative estimate of drug-likeness (QED) is 0.781. The molecular formula is C16H19N5. The Labute approximate surface area is 124 Å². The summed E-state index contributed by atoms with van der Waals surface area (Å²) in [4.78, 5) is 0. The third-order valence-corrected chi connectivity index (χ3v) is 3.50. The number of aromatic nitrogens is 4. The maximum Gasteiger partial charge on any atom is 0.0876 e. The van der Waals surface area contributed by atoms with Crippen LogP contribution in [0.15, 0.2) is 55.1 Å². The van der Waals surface area contributed by atoms with Crippen LogP contribution in [0.1, 0.15) is 25.5 Å². The number of rotatable bonds is 5. The van der Waals surface area contributed by atoms with Crippen molar-refractivity contribution in [3.05, 3.63) is 60.7 Å². The first-order valence-electron chi connectivity index (χ1n) is 7.16. The number of hydrogen-bond acceptors (Lipinski definition) is 3. The fourth-order valence-corrected chi connectivity index (χ4v) is 2.30. The van der Waals surface area contributed by atoms with Crippen molar-refractivity contribution in [2.45, 2.75) is 26.4 Å². The number of anilines is 1. The molecule has 0 bridgehead atoms. The van der Waals surface area contributed by atoms with Gasteiger partial charge in [0.2, 0.25) is 0 Å². The highest BCUT2D eigenvalue weighted by Gasteiger charge is 2.11. The fourth-order valence-electron chi connectivity index (χ4n) is 2.30. The smallest absolute Gasteiger partial charge is 0.0876 e. The standard InChI is InChI=1S/C16H19N5/c1-3-20-12-14(11-18-20)13(2)19-15-7-4-5-8-16(15)21-10-6-9-17-21/h4-13,19H,3H2,1-2H3. The molecule has 0 radical (unpaired) electrons. The van der Waals surface area contributed by atoms with E-state index in [4.69, 9.17) is 0 Å². The Morgan fingerprint density at radius 3 is 2.76 bits per heavy atom. The zero-order chi connectivity index (χ0) is 14.7. The van der Waals surface area contributed by atoms with E-state index < -0.39 is 0 Å². The molecule has 3 rings (SSSR count). The number of benzene rings is 1. The van der Waals surface area contributed by atoms with Gasteiger partial charge in [-0.25, -0.2) is 4.68 Å². The van der Waals surface area contributed by atoms with Gasteiger partial charge in [-0.1, -0.05) is 12.1 Å². The Hall–Kier alpha value is -2.56. The van der Waals surface area contributed by atoms with Gasteiger partial charge in [-0.3, -0.25) is 4.68 Å². The van der Waals surface area contributed by atoms with Crippen molar-refractivity contribution in [3.8, 4) is 5.69 Å². The average Bonchev–Trinajstić information content (AvgIpc) is 3.19. The number of aryl methyl sites for hydroxylation is 1. The van der Waals surface area contributed by atoms with E-state index in [1.807, 2.05) is 40.0 Å². The molecule has 0 aliphatic heterocycles. The van der Waals surface area contributed by atoms with Crippen LogP contribution in [0.25, 0.3) is 5.69 Å². The lowest BCUT2D eigenvalue weighted by atomic mass is 10.1. The summed E-state index contributed by atoms with van der Waals surface area (Å²) >= 11 is 0. The van der Waals surface area contributed by atoms with Crippen molar-refractivity contribution in [1.29, 1.82) is 0 Å². The second-order valence-corrected chi connectivity index (χ2v) is 4.96. The van der Waals surface area contributed by atoms with Gasteiger partial charge in [0, 0.05) is 30.7 Å². The van der Waals surface area contributed by atoms with Gasteiger partial charge in [-0.2, -0.15) is 10.2 Å². The van der Waals surface area contributed by atoms with Gasteiger partial charge in [-0.05, 0) is 32.0 Å². The van der Waals surface area contributed by atoms with E-state index in [-0.39, 0.29) is 6.04 Å². The number of nitrogens with one attached hydrogen (secondary N) is 1. The summed E-state index contributed by atoms with van der Waals surface area (Å²) in [7, 11) is 0. The Bertz CT molecular complexity index is 699. The van der Waals surface area contributed by atoms with Gasteiger partial charge in [0.05, 0.1) is 23.6 Å². The van der Waals surface area contributed by atoms with Crippen molar-refractivity contribution in [2.75, 3.05) is 5.32 Å². The van der Waals surface area contributed by atoms with Crippen LogP contribution in [-0.4, -0.2) is 19.6 Å². The molecule has 1 aromatic carbocycles. The molecule has 21 heavy (non-hydrogen) atoms. The summed E-state index contributed by atoms with van der Waals surface area (Å²) in [6.07, 6.45) is 7.72. The zero-order valence-corrected chi connectivity index (χ0v) is 12.3. The minimum Gasteiger partial charge on any atom is -0.377 e. The molecule has 1 N–H and O–H groups in total. The molecule has 0 aliphatic carbocycles. The van der Waals surface area contributed by atoms with E-state index >= 15 is 0 Å². The highest BCUT2D eigenvalue weighted by Crippen LogP contribution is 2.24. The summed E-state index contributed by atoms with van der Waals surface area (Å²) in [6, 6.07) is 10.3. The highest BCUT2D eigenvalue weighted by atomic mass is 15.3. The number of para-hydroxylation sites is 2. The molecule has 0 saturated heterocycles. The van der Waals surface area contributed by atoms with Crippen LogP contribution in [-0.2, 0) is 6.54 Å². The molecule has 5 nitrogen and oxygen atoms in total. The first-order valence-corrected chi connectivity index (χ1v) is 7.16. The monoisotopic (exact) mass is 281 g/mol. The van der Waals surface area contributed by atoms with Gasteiger partial charge in [0.25, 0.3) is 0 Å². The van der Waals surface area contributed by atoms with Gasteiger partial charge >= 0.3 is 0 Å². The summed E-state index contributed by atoms with van der Waals surface area (Å²) in [5.74, 6) is 0. The third-order valence-electron chi connectivity index (χ3n) is 3.50. The maximum absolute atomic E-state index is 4.33. The molecule has 5 heteroatoms. The zero-order valence-electron chi connectivity index (χ0n) is 12.3. The Balaban J connectivity index is 1.85. The molecule has 1 unspecified atom stereocenters. The van der Waals surface area contributed by atoms with Gasteiger partial charge in [-0.15, -0.1) is 0 Å². The van der Waals surface area contributed by atoms with Crippen LogP contribution >= 0.6 is 0 Å². The van der Waals surface area contributed by atoms with Crippen molar-refractivity contribution in [2.24, 2.45) is 0 Å². The summed E-state index contributed by atoms with van der Waals surface area (Å²) in [5.41, 5.74) is 3.27. The lowest BCUT2D eigenvalue weighted by Crippen LogP contribution is -2.09. The van der Waals surface area contributed by atoms with E-state index in [1.54, 1.807) is 6.20 Å². The molecule has 0 spiro atoms. The van der Waals surface area contributed by atoms with Crippen LogP contribution in [0, 0.1) is 0 Å². The molecule has 2 aromatic heterocycles. The third kappa shape index (κ3) is 2.81. The summed E-state index contributed by atoms with van der Waals surface area (Å²) < 4.78 is 3.80. The van der Waals surface area contributed by atoms with Crippen LogP contribution in [0.2, 0.25) is 0 Å². The van der Waals surface area contributed by atoms with Crippen molar-refractivity contribution >= 4 is 5.69 Å². The molecule has 108 valence electrons. The predicted molar refractivity (Wildman–Crippen MR) is 83.5 cm³/mol. The van der Waals surface area contributed by atoms with Crippen molar-refractivity contribution in [1.82, 2.24) is 19.6 Å². The fraction of sp³-hybridized carbons (Fsp3) is 0.250. The largest absolute Gasteiger partial charge is 0.377 e. The SMILES string of the molecule is CCn1cc(C(C)Nc2ccccc2-n2cccn2)cn1. The highest BCUT2D eigenvalue weighted by molar-refractivity contribution is 5.61. The van der Waals surface area contributed by atoms with Gasteiger partial charge in [0.15, 0.2) is 0 Å². The first kappa shape index (κ1) is 13.4. The van der Waals surface area contributed by atoms with Crippen molar-refractivity contribution < 1.29 is 0 Å². The average molecular weight is 281 g/mol. The van der Waals surface area contributed by atoms with E-state index in [0.29, 0.717) is 0 Å². The molecule has 0 fully saturated rings. The second-order valence-electron chi connectivity index (χ2n) is 4.96. The van der Waals surface area contributed by atoms with Crippen LogP contribution in [0.5, 0.6) is 0 Å².